The maximum absolute atomic E-state index is 13.4. The molecule has 0 bridgehead atoms. The first-order chi connectivity index (χ1) is 16.8. The van der Waals surface area contributed by atoms with Crippen LogP contribution >= 0.6 is 11.6 Å². The molecule has 1 aliphatic carbocycles. The van der Waals surface area contributed by atoms with Gasteiger partial charge in [-0.1, -0.05) is 17.7 Å². The van der Waals surface area contributed by atoms with Crippen molar-refractivity contribution in [2.75, 3.05) is 33.4 Å². The van der Waals surface area contributed by atoms with Crippen molar-refractivity contribution in [3.05, 3.63) is 34.3 Å². The summed E-state index contributed by atoms with van der Waals surface area (Å²) < 4.78 is 0. The second kappa shape index (κ2) is 11.0. The second-order valence-corrected chi connectivity index (χ2v) is 10.6. The normalized spacial score (nSPS) is 25.1. The zero-order valence-electron chi connectivity index (χ0n) is 20.5. The van der Waals surface area contributed by atoms with Gasteiger partial charge in [-0.15, -0.1) is 0 Å². The number of likely N-dealkylation sites (N-methyl/N-ethyl adjacent to an activating group) is 1. The Morgan fingerprint density at radius 3 is 2.60 bits per heavy atom. The van der Waals surface area contributed by atoms with Crippen LogP contribution in [0.1, 0.15) is 50.2 Å². The highest BCUT2D eigenvalue weighted by atomic mass is 35.5. The van der Waals surface area contributed by atoms with Gasteiger partial charge < -0.3 is 14.7 Å². The van der Waals surface area contributed by atoms with Gasteiger partial charge in [0.15, 0.2) is 0 Å². The predicted octanol–water partition coefficient (Wildman–Crippen LogP) is 2.60. The van der Waals surface area contributed by atoms with Gasteiger partial charge in [0.05, 0.1) is 23.2 Å². The molecule has 1 aromatic carbocycles. The standard InChI is InChI=1S/C26H34ClN5O3/c1-17(33)31-9-7-19(8-10-31)20-5-6-24-22(12-20)26(35)32(16-29-24)15-25(34)30(2)14-18-3-4-21(13-28)23(27)11-18/h3-4,11,19-20,22,24,29H,5-10,12,14-16H2,1-2H3. The lowest BCUT2D eigenvalue weighted by Crippen LogP contribution is -2.60. The average Bonchev–Trinajstić information content (AvgIpc) is 2.85. The minimum Gasteiger partial charge on any atom is -0.343 e. The van der Waals surface area contributed by atoms with Gasteiger partial charge in [0.25, 0.3) is 0 Å². The topological polar surface area (TPSA) is 96.8 Å². The van der Waals surface area contributed by atoms with Crippen LogP contribution in [-0.2, 0) is 20.9 Å². The zero-order chi connectivity index (χ0) is 25.1. The Morgan fingerprint density at radius 1 is 1.20 bits per heavy atom. The molecule has 3 fully saturated rings. The van der Waals surface area contributed by atoms with E-state index in [2.05, 4.69) is 5.32 Å². The van der Waals surface area contributed by atoms with E-state index in [1.54, 1.807) is 42.0 Å². The number of likely N-dealkylation sites (tertiary alicyclic amines) is 1. The van der Waals surface area contributed by atoms with Crippen molar-refractivity contribution in [1.82, 2.24) is 20.0 Å². The molecule has 3 atom stereocenters. The third-order valence-electron chi connectivity index (χ3n) is 8.04. The van der Waals surface area contributed by atoms with Crippen LogP contribution in [0.15, 0.2) is 18.2 Å². The molecule has 0 radical (unpaired) electrons. The summed E-state index contributed by atoms with van der Waals surface area (Å²) in [7, 11) is 1.71. The van der Waals surface area contributed by atoms with Crippen LogP contribution < -0.4 is 5.32 Å². The van der Waals surface area contributed by atoms with E-state index in [4.69, 9.17) is 16.9 Å². The van der Waals surface area contributed by atoms with Gasteiger partial charge in [-0.2, -0.15) is 5.26 Å². The Labute approximate surface area is 212 Å². The Hall–Kier alpha value is -2.63. The van der Waals surface area contributed by atoms with Crippen molar-refractivity contribution in [3.63, 3.8) is 0 Å². The summed E-state index contributed by atoms with van der Waals surface area (Å²) in [5.74, 6) is 1.04. The molecule has 3 unspecified atom stereocenters. The largest absolute Gasteiger partial charge is 0.343 e. The lowest BCUT2D eigenvalue weighted by Gasteiger charge is -2.46. The molecular weight excluding hydrogens is 466 g/mol. The number of fused-ring (bicyclic) bond motifs is 1. The monoisotopic (exact) mass is 499 g/mol. The number of benzene rings is 1. The van der Waals surface area contributed by atoms with Crippen LogP contribution in [0.3, 0.4) is 0 Å². The first kappa shape index (κ1) is 25.5. The number of rotatable bonds is 5. The molecule has 3 amide bonds. The molecule has 2 saturated heterocycles. The summed E-state index contributed by atoms with van der Waals surface area (Å²) in [6.07, 6.45) is 4.97. The molecule has 1 saturated carbocycles. The molecule has 0 aromatic heterocycles. The maximum atomic E-state index is 13.4. The van der Waals surface area contributed by atoms with Gasteiger partial charge >= 0.3 is 0 Å². The van der Waals surface area contributed by atoms with Gasteiger partial charge in [0.2, 0.25) is 17.7 Å². The lowest BCUT2D eigenvalue weighted by atomic mass is 9.69. The van der Waals surface area contributed by atoms with Crippen molar-refractivity contribution in [2.45, 2.75) is 51.6 Å². The second-order valence-electron chi connectivity index (χ2n) is 10.2. The molecule has 1 aromatic rings. The van der Waals surface area contributed by atoms with Crippen molar-refractivity contribution < 1.29 is 14.4 Å². The minimum absolute atomic E-state index is 0.0389. The fourth-order valence-electron chi connectivity index (χ4n) is 5.90. The number of hydrogen-bond acceptors (Lipinski definition) is 5. The lowest BCUT2D eigenvalue weighted by molar-refractivity contribution is -0.148. The maximum Gasteiger partial charge on any atom is 0.242 e. The highest BCUT2D eigenvalue weighted by Crippen LogP contribution is 2.40. The fraction of sp³-hybridized carbons (Fsp3) is 0.615. The van der Waals surface area contributed by atoms with Gasteiger partial charge in [0, 0.05) is 39.6 Å². The fourth-order valence-corrected chi connectivity index (χ4v) is 6.15. The number of carbonyl (C=O) groups is 3. The summed E-state index contributed by atoms with van der Waals surface area (Å²) in [5.41, 5.74) is 1.23. The number of nitrogens with one attached hydrogen (secondary N) is 1. The first-order valence-electron chi connectivity index (χ1n) is 12.5. The van der Waals surface area contributed by atoms with Crippen molar-refractivity contribution in [3.8, 4) is 6.07 Å². The van der Waals surface area contributed by atoms with Crippen molar-refractivity contribution in [2.24, 2.45) is 17.8 Å². The van der Waals surface area contributed by atoms with Crippen molar-refractivity contribution >= 4 is 29.3 Å². The highest BCUT2D eigenvalue weighted by Gasteiger charge is 2.43. The molecule has 35 heavy (non-hydrogen) atoms. The SMILES string of the molecule is CC(=O)N1CCC(C2CCC3NCN(CC(=O)N(C)Cc4ccc(C#N)c(Cl)c4)C(=O)C3C2)CC1. The molecule has 2 aliphatic heterocycles. The quantitative estimate of drug-likeness (QED) is 0.671. The third-order valence-corrected chi connectivity index (χ3v) is 8.35. The van der Waals surface area contributed by atoms with Gasteiger partial charge in [0.1, 0.15) is 12.6 Å². The van der Waals surface area contributed by atoms with Gasteiger partial charge in [-0.25, -0.2) is 0 Å². The van der Waals surface area contributed by atoms with Crippen LogP contribution in [-0.4, -0.2) is 71.8 Å². The summed E-state index contributed by atoms with van der Waals surface area (Å²) in [6, 6.07) is 7.35. The Morgan fingerprint density at radius 2 is 1.94 bits per heavy atom. The van der Waals surface area contributed by atoms with Crippen LogP contribution in [0.4, 0.5) is 0 Å². The van der Waals surface area contributed by atoms with Crippen LogP contribution in [0.5, 0.6) is 0 Å². The molecule has 9 heteroatoms. The Balaban J connectivity index is 1.32. The van der Waals surface area contributed by atoms with Crippen molar-refractivity contribution in [1.29, 1.82) is 5.26 Å². The van der Waals surface area contributed by atoms with E-state index in [1.807, 2.05) is 11.0 Å². The molecule has 4 rings (SSSR count). The molecule has 3 aliphatic rings. The Kier molecular flexibility index (Phi) is 7.98. The molecule has 0 spiro atoms. The predicted molar refractivity (Wildman–Crippen MR) is 132 cm³/mol. The van der Waals surface area contributed by atoms with Gasteiger partial charge in [-0.05, 0) is 61.6 Å². The third kappa shape index (κ3) is 5.79. The average molecular weight is 500 g/mol. The Bertz CT molecular complexity index is 1020. The number of nitrogens with zero attached hydrogens (tertiary/aromatic N) is 4. The summed E-state index contributed by atoms with van der Waals surface area (Å²) in [6.45, 7) is 4.04. The number of piperidine rings is 1. The van der Waals surface area contributed by atoms with Gasteiger partial charge in [-0.3, -0.25) is 19.7 Å². The zero-order valence-corrected chi connectivity index (χ0v) is 21.3. The summed E-state index contributed by atoms with van der Waals surface area (Å²) in [4.78, 5) is 43.1. The highest BCUT2D eigenvalue weighted by molar-refractivity contribution is 6.31. The number of halogens is 1. The van der Waals surface area contributed by atoms with Crippen LogP contribution in [0.2, 0.25) is 5.02 Å². The molecule has 8 nitrogen and oxygen atoms in total. The number of hydrogen-bond donors (Lipinski definition) is 1. The first-order valence-corrected chi connectivity index (χ1v) is 12.8. The molecule has 2 heterocycles. The van der Waals surface area contributed by atoms with E-state index in [0.717, 1.165) is 50.8 Å². The number of amides is 3. The molecular formula is C26H34ClN5O3. The summed E-state index contributed by atoms with van der Waals surface area (Å²) in [5, 5.41) is 12.9. The van der Waals surface area contributed by atoms with E-state index in [1.165, 1.54) is 0 Å². The smallest absolute Gasteiger partial charge is 0.242 e. The summed E-state index contributed by atoms with van der Waals surface area (Å²) >= 11 is 6.12. The van der Waals surface area contributed by atoms with E-state index in [0.29, 0.717) is 35.6 Å². The number of carbonyl (C=O) groups excluding carboxylic acids is 3. The van der Waals surface area contributed by atoms with Crippen LogP contribution in [0.25, 0.3) is 0 Å². The molecule has 1 N–H and O–H groups in total. The van der Waals surface area contributed by atoms with E-state index >= 15 is 0 Å². The van der Waals surface area contributed by atoms with Crippen LogP contribution in [0, 0.1) is 29.1 Å². The minimum atomic E-state index is -0.136. The molecule has 188 valence electrons. The van der Waals surface area contributed by atoms with E-state index < -0.39 is 0 Å². The van der Waals surface area contributed by atoms with E-state index in [-0.39, 0.29) is 36.2 Å². The van der Waals surface area contributed by atoms with E-state index in [9.17, 15) is 14.4 Å². The number of nitriles is 1.